The highest BCUT2D eigenvalue weighted by molar-refractivity contribution is 6.24. The molecule has 0 saturated heterocycles. The second kappa shape index (κ2) is 4.19. The van der Waals surface area contributed by atoms with Crippen LogP contribution in [0.5, 0.6) is 0 Å². The molecule has 0 atom stereocenters. The molecule has 0 spiro atoms. The number of hydrogen-bond donors (Lipinski definition) is 1. The highest BCUT2D eigenvalue weighted by atomic mass is 16.2. The van der Waals surface area contributed by atoms with Crippen LogP contribution in [0.1, 0.15) is 0 Å². The monoisotopic (exact) mass is 156 g/mol. The van der Waals surface area contributed by atoms with Crippen LogP contribution in [0.2, 0.25) is 0 Å². The Hall–Kier alpha value is -1.68. The summed E-state index contributed by atoms with van der Waals surface area (Å²) in [5.74, 6) is -1.20. The van der Waals surface area contributed by atoms with Crippen molar-refractivity contribution in [2.45, 2.75) is 0 Å². The van der Waals surface area contributed by atoms with Gasteiger partial charge in [-0.15, -0.1) is 0 Å². The summed E-state index contributed by atoms with van der Waals surface area (Å²) in [7, 11) is 1.37. The summed E-state index contributed by atoms with van der Waals surface area (Å²) in [4.78, 5) is 24.5. The molecule has 11 heavy (non-hydrogen) atoms. The first-order valence-corrected chi connectivity index (χ1v) is 2.78. The summed E-state index contributed by atoms with van der Waals surface area (Å²) in [5, 5.41) is 0. The lowest BCUT2D eigenvalue weighted by atomic mass is 10.5. The Balaban J connectivity index is 4.02. The van der Waals surface area contributed by atoms with Crippen LogP contribution in [0.15, 0.2) is 0 Å². The topological polar surface area (TPSA) is 99.8 Å². The lowest BCUT2D eigenvalue weighted by molar-refractivity contribution is -0.130. The van der Waals surface area contributed by atoms with E-state index in [0.29, 0.717) is 6.21 Å². The van der Waals surface area contributed by atoms with E-state index in [0.717, 1.165) is 4.90 Å². The molecule has 0 radical (unpaired) electrons. The Bertz CT molecular complexity index is 219. The maximum absolute atomic E-state index is 10.7. The predicted octanol–water partition coefficient (Wildman–Crippen LogP) is -1.77. The van der Waals surface area contributed by atoms with Gasteiger partial charge in [0.25, 0.3) is 0 Å². The number of carbonyl (C=O) groups is 2. The van der Waals surface area contributed by atoms with E-state index in [4.69, 9.17) is 11.3 Å². The molecule has 0 rings (SSSR count). The number of rotatable bonds is 3. The van der Waals surface area contributed by atoms with Crippen LogP contribution in [-0.4, -0.2) is 41.3 Å². The van der Waals surface area contributed by atoms with Crippen molar-refractivity contribution in [3.63, 3.8) is 0 Å². The normalized spacial score (nSPS) is 8.09. The van der Waals surface area contributed by atoms with Crippen LogP contribution in [0.25, 0.3) is 5.53 Å². The van der Waals surface area contributed by atoms with Gasteiger partial charge in [0.05, 0.1) is 6.54 Å². The Labute approximate surface area is 63.2 Å². The standard InChI is InChI=1S/C5H8N4O2/c1-9(3-4(6)10)5(11)2-8-7/h2H,3H2,1H3,(H2,6,10). The minimum absolute atomic E-state index is 0.190. The van der Waals surface area contributed by atoms with Crippen LogP contribution < -0.4 is 5.73 Å². The van der Waals surface area contributed by atoms with Crippen LogP contribution in [0.3, 0.4) is 0 Å². The van der Waals surface area contributed by atoms with E-state index in [2.05, 4.69) is 4.79 Å². The summed E-state index contributed by atoms with van der Waals surface area (Å²) in [6, 6.07) is 0. The predicted molar refractivity (Wildman–Crippen MR) is 36.5 cm³/mol. The van der Waals surface area contributed by atoms with Crippen molar-refractivity contribution >= 4 is 18.0 Å². The Morgan fingerprint density at radius 1 is 1.73 bits per heavy atom. The van der Waals surface area contributed by atoms with Gasteiger partial charge in [-0.3, -0.25) is 9.59 Å². The summed E-state index contributed by atoms with van der Waals surface area (Å²) in [6.45, 7) is -0.190. The van der Waals surface area contributed by atoms with Gasteiger partial charge in [-0.25, -0.2) is 0 Å². The molecule has 2 N–H and O–H groups in total. The van der Waals surface area contributed by atoms with Crippen molar-refractivity contribution in [2.24, 2.45) is 5.73 Å². The van der Waals surface area contributed by atoms with E-state index in [1.165, 1.54) is 7.05 Å². The fourth-order valence-corrected chi connectivity index (χ4v) is 0.460. The number of nitrogens with zero attached hydrogens (tertiary/aromatic N) is 3. The molecule has 2 amide bonds. The van der Waals surface area contributed by atoms with Crippen LogP contribution >= 0.6 is 0 Å². The second-order valence-electron chi connectivity index (χ2n) is 1.91. The molecule has 0 bridgehead atoms. The smallest absolute Gasteiger partial charge is 0.344 e. The van der Waals surface area contributed by atoms with E-state index in [1.807, 2.05) is 0 Å². The van der Waals surface area contributed by atoms with Gasteiger partial charge in [0.2, 0.25) is 5.91 Å². The summed E-state index contributed by atoms with van der Waals surface area (Å²) in [5.41, 5.74) is 12.7. The van der Waals surface area contributed by atoms with Gasteiger partial charge in [-0.2, -0.15) is 4.79 Å². The van der Waals surface area contributed by atoms with E-state index >= 15 is 0 Å². The summed E-state index contributed by atoms with van der Waals surface area (Å²) < 4.78 is 0. The molecule has 0 heterocycles. The minimum atomic E-state index is -0.618. The van der Waals surface area contributed by atoms with Gasteiger partial charge in [0.1, 0.15) is 0 Å². The van der Waals surface area contributed by atoms with Gasteiger partial charge in [0, 0.05) is 7.05 Å². The van der Waals surface area contributed by atoms with Gasteiger partial charge >= 0.3 is 12.1 Å². The Morgan fingerprint density at radius 2 is 2.27 bits per heavy atom. The van der Waals surface area contributed by atoms with Gasteiger partial charge in [-0.1, -0.05) is 0 Å². The van der Waals surface area contributed by atoms with Crippen molar-refractivity contribution in [1.29, 1.82) is 0 Å². The lowest BCUT2D eigenvalue weighted by Crippen LogP contribution is -2.36. The SMILES string of the molecule is CN(CC(N)=O)C(=O)C=[N+]=[N-]. The Morgan fingerprint density at radius 3 is 2.64 bits per heavy atom. The fraction of sp³-hybridized carbons (Fsp3) is 0.400. The summed E-state index contributed by atoms with van der Waals surface area (Å²) >= 11 is 0. The van der Waals surface area contributed by atoms with Crippen LogP contribution in [0.4, 0.5) is 0 Å². The zero-order chi connectivity index (χ0) is 8.85. The number of hydrogen-bond acceptors (Lipinski definition) is 2. The van der Waals surface area contributed by atoms with Crippen molar-refractivity contribution in [1.82, 2.24) is 4.90 Å². The minimum Gasteiger partial charge on any atom is -0.368 e. The third-order valence-corrected chi connectivity index (χ3v) is 0.937. The highest BCUT2D eigenvalue weighted by Gasteiger charge is 2.10. The first-order valence-electron chi connectivity index (χ1n) is 2.78. The lowest BCUT2D eigenvalue weighted by Gasteiger charge is -2.08. The third-order valence-electron chi connectivity index (χ3n) is 0.937. The Kier molecular flexibility index (Phi) is 3.55. The van der Waals surface area contributed by atoms with Crippen molar-refractivity contribution in [2.75, 3.05) is 13.6 Å². The summed E-state index contributed by atoms with van der Waals surface area (Å²) in [6.07, 6.45) is 0.683. The molecule has 0 aliphatic rings. The van der Waals surface area contributed by atoms with E-state index < -0.39 is 11.8 Å². The molecule has 0 unspecified atom stereocenters. The zero-order valence-corrected chi connectivity index (χ0v) is 6.02. The number of likely N-dealkylation sites (N-methyl/N-ethyl adjacent to an activating group) is 1. The van der Waals surface area contributed by atoms with Crippen molar-refractivity contribution < 1.29 is 14.4 Å². The number of primary amides is 1. The molecule has 0 aromatic rings. The average molecular weight is 156 g/mol. The molecule has 0 saturated carbocycles. The molecule has 60 valence electrons. The molecule has 0 aliphatic carbocycles. The maximum atomic E-state index is 10.7. The molecule has 6 nitrogen and oxygen atoms in total. The van der Waals surface area contributed by atoms with Gasteiger partial charge in [0.15, 0.2) is 0 Å². The largest absolute Gasteiger partial charge is 0.368 e. The molecule has 0 aliphatic heterocycles. The van der Waals surface area contributed by atoms with Crippen LogP contribution in [-0.2, 0) is 9.59 Å². The quantitative estimate of drug-likeness (QED) is 0.297. The molecular weight excluding hydrogens is 148 g/mol. The number of amides is 2. The molecular formula is C5H8N4O2. The first-order chi connectivity index (χ1) is 5.07. The van der Waals surface area contributed by atoms with Gasteiger partial charge in [-0.05, 0) is 0 Å². The highest BCUT2D eigenvalue weighted by Crippen LogP contribution is 1.78. The first kappa shape index (κ1) is 9.32. The van der Waals surface area contributed by atoms with Crippen LogP contribution in [0, 0.1) is 0 Å². The second-order valence-corrected chi connectivity index (χ2v) is 1.91. The van der Waals surface area contributed by atoms with Crippen molar-refractivity contribution in [3.8, 4) is 0 Å². The molecule has 0 fully saturated rings. The van der Waals surface area contributed by atoms with E-state index in [9.17, 15) is 9.59 Å². The van der Waals surface area contributed by atoms with Gasteiger partial charge < -0.3 is 16.2 Å². The van der Waals surface area contributed by atoms with E-state index in [-0.39, 0.29) is 6.54 Å². The number of nitrogens with two attached hydrogens (primary N) is 1. The molecule has 0 aromatic heterocycles. The third kappa shape index (κ3) is 3.83. The average Bonchev–Trinajstić information content (AvgIpc) is 1.86. The molecule has 6 heteroatoms. The van der Waals surface area contributed by atoms with E-state index in [1.54, 1.807) is 0 Å². The molecule has 0 aromatic carbocycles. The fourth-order valence-electron chi connectivity index (χ4n) is 0.460. The van der Waals surface area contributed by atoms with Crippen molar-refractivity contribution in [3.05, 3.63) is 5.53 Å². The maximum Gasteiger partial charge on any atom is 0.344 e. The number of carbonyl (C=O) groups excluding carboxylic acids is 2. The zero-order valence-electron chi connectivity index (χ0n) is 6.02.